The third kappa shape index (κ3) is 1.84. The summed E-state index contributed by atoms with van der Waals surface area (Å²) in [7, 11) is 4.09. The molecule has 0 spiro atoms. The highest BCUT2D eigenvalue weighted by molar-refractivity contribution is 5.52. The molecule has 1 aliphatic rings. The molecule has 82 valence electrons. The Labute approximate surface area is 91.3 Å². The van der Waals surface area contributed by atoms with Crippen LogP contribution in [0.5, 0.6) is 0 Å². The monoisotopic (exact) mass is 205 g/mol. The average Bonchev–Trinajstić information content (AvgIpc) is 2.99. The van der Waals surface area contributed by atoms with E-state index in [1.54, 1.807) is 0 Å². The Morgan fingerprint density at radius 3 is 2.73 bits per heavy atom. The van der Waals surface area contributed by atoms with Gasteiger partial charge in [0.15, 0.2) is 0 Å². The van der Waals surface area contributed by atoms with Crippen LogP contribution in [0.3, 0.4) is 0 Å². The van der Waals surface area contributed by atoms with E-state index in [4.69, 9.17) is 5.73 Å². The summed E-state index contributed by atoms with van der Waals surface area (Å²) in [6.07, 6.45) is 5.46. The molecule has 2 N–H and O–H groups in total. The van der Waals surface area contributed by atoms with E-state index in [-0.39, 0.29) is 0 Å². The summed E-state index contributed by atoms with van der Waals surface area (Å²) in [6, 6.07) is 4.23. The number of anilines is 1. The molecule has 1 heterocycles. The standard InChI is InChI=1S/C12H19N3/c1-15(2)11-10(4-3-9-14-11)12(5-6-12)7-8-13/h3-4,9H,5-8,13H2,1-2H3. The smallest absolute Gasteiger partial charge is 0.131 e. The van der Waals surface area contributed by atoms with E-state index in [1.807, 2.05) is 26.4 Å². The quantitative estimate of drug-likeness (QED) is 0.810. The van der Waals surface area contributed by atoms with Crippen molar-refractivity contribution in [2.24, 2.45) is 5.73 Å². The molecule has 1 aromatic rings. The summed E-state index contributed by atoms with van der Waals surface area (Å²) < 4.78 is 0. The lowest BCUT2D eigenvalue weighted by Gasteiger charge is -2.22. The van der Waals surface area contributed by atoms with E-state index in [0.29, 0.717) is 5.41 Å². The van der Waals surface area contributed by atoms with Crippen LogP contribution in [-0.2, 0) is 5.41 Å². The van der Waals surface area contributed by atoms with Crippen molar-refractivity contribution >= 4 is 5.82 Å². The predicted octanol–water partition coefficient (Wildman–Crippen LogP) is 1.53. The highest BCUT2D eigenvalue weighted by Crippen LogP contribution is 2.52. The third-order valence-electron chi connectivity index (χ3n) is 3.26. The molecule has 0 radical (unpaired) electrons. The maximum absolute atomic E-state index is 5.68. The van der Waals surface area contributed by atoms with Crippen LogP contribution in [-0.4, -0.2) is 25.6 Å². The van der Waals surface area contributed by atoms with Gasteiger partial charge >= 0.3 is 0 Å². The highest BCUT2D eigenvalue weighted by atomic mass is 15.1. The fourth-order valence-corrected chi connectivity index (χ4v) is 2.25. The molecule has 0 bridgehead atoms. The fraction of sp³-hybridized carbons (Fsp3) is 0.583. The van der Waals surface area contributed by atoms with E-state index in [0.717, 1.165) is 18.8 Å². The maximum Gasteiger partial charge on any atom is 0.131 e. The Morgan fingerprint density at radius 2 is 2.20 bits per heavy atom. The summed E-state index contributed by atoms with van der Waals surface area (Å²) in [5.74, 6) is 1.10. The summed E-state index contributed by atoms with van der Waals surface area (Å²) >= 11 is 0. The van der Waals surface area contributed by atoms with Gasteiger partial charge in [-0.15, -0.1) is 0 Å². The van der Waals surface area contributed by atoms with Gasteiger partial charge in [-0.3, -0.25) is 0 Å². The van der Waals surface area contributed by atoms with E-state index >= 15 is 0 Å². The van der Waals surface area contributed by atoms with Crippen LogP contribution in [0, 0.1) is 0 Å². The Kier molecular flexibility index (Phi) is 2.65. The zero-order valence-corrected chi connectivity index (χ0v) is 9.53. The number of hydrogen-bond acceptors (Lipinski definition) is 3. The molecule has 3 nitrogen and oxygen atoms in total. The molecule has 1 aromatic heterocycles. The van der Waals surface area contributed by atoms with Crippen LogP contribution >= 0.6 is 0 Å². The van der Waals surface area contributed by atoms with Crippen LogP contribution in [0.1, 0.15) is 24.8 Å². The first-order chi connectivity index (χ1) is 7.19. The molecule has 3 heteroatoms. The van der Waals surface area contributed by atoms with Crippen LogP contribution in [0.25, 0.3) is 0 Å². The maximum atomic E-state index is 5.68. The molecule has 0 atom stereocenters. The largest absolute Gasteiger partial charge is 0.363 e. The molecule has 1 aliphatic carbocycles. The van der Waals surface area contributed by atoms with E-state index in [9.17, 15) is 0 Å². The SMILES string of the molecule is CN(C)c1ncccc1C1(CCN)CC1. The highest BCUT2D eigenvalue weighted by Gasteiger charge is 2.45. The van der Waals surface area contributed by atoms with Gasteiger partial charge in [-0.05, 0) is 31.9 Å². The Balaban J connectivity index is 2.35. The second kappa shape index (κ2) is 3.81. The zero-order valence-electron chi connectivity index (χ0n) is 9.53. The number of nitrogens with zero attached hydrogens (tertiary/aromatic N) is 2. The average molecular weight is 205 g/mol. The lowest BCUT2D eigenvalue weighted by molar-refractivity contribution is 0.626. The number of aromatic nitrogens is 1. The van der Waals surface area contributed by atoms with E-state index < -0.39 is 0 Å². The first kappa shape index (κ1) is 10.4. The molecular formula is C12H19N3. The van der Waals surface area contributed by atoms with Gasteiger partial charge in [0.2, 0.25) is 0 Å². The van der Waals surface area contributed by atoms with Crippen molar-refractivity contribution in [3.8, 4) is 0 Å². The summed E-state index contributed by atoms with van der Waals surface area (Å²) in [6.45, 7) is 0.766. The van der Waals surface area contributed by atoms with Crippen molar-refractivity contribution < 1.29 is 0 Å². The molecule has 0 saturated heterocycles. The van der Waals surface area contributed by atoms with Gasteiger partial charge < -0.3 is 10.6 Å². The zero-order chi connectivity index (χ0) is 10.9. The predicted molar refractivity (Wildman–Crippen MR) is 63.1 cm³/mol. The van der Waals surface area contributed by atoms with Gasteiger partial charge in [0.1, 0.15) is 5.82 Å². The molecular weight excluding hydrogens is 186 g/mol. The normalized spacial score (nSPS) is 17.5. The molecule has 15 heavy (non-hydrogen) atoms. The lowest BCUT2D eigenvalue weighted by Crippen LogP contribution is -2.20. The number of nitrogens with two attached hydrogens (primary N) is 1. The van der Waals surface area contributed by atoms with Crippen molar-refractivity contribution in [3.05, 3.63) is 23.9 Å². The first-order valence-electron chi connectivity index (χ1n) is 5.52. The van der Waals surface area contributed by atoms with Crippen LogP contribution < -0.4 is 10.6 Å². The molecule has 0 aliphatic heterocycles. The van der Waals surface area contributed by atoms with Crippen LogP contribution in [0.15, 0.2) is 18.3 Å². The van der Waals surface area contributed by atoms with Crippen molar-refractivity contribution in [2.45, 2.75) is 24.7 Å². The third-order valence-corrected chi connectivity index (χ3v) is 3.26. The molecule has 0 unspecified atom stereocenters. The lowest BCUT2D eigenvalue weighted by atomic mass is 9.92. The van der Waals surface area contributed by atoms with Gasteiger partial charge in [-0.1, -0.05) is 6.07 Å². The second-order valence-corrected chi connectivity index (χ2v) is 4.59. The Hall–Kier alpha value is -1.09. The minimum atomic E-state index is 0.336. The van der Waals surface area contributed by atoms with Crippen molar-refractivity contribution in [2.75, 3.05) is 25.5 Å². The van der Waals surface area contributed by atoms with Crippen molar-refractivity contribution in [3.63, 3.8) is 0 Å². The summed E-state index contributed by atoms with van der Waals surface area (Å²) in [4.78, 5) is 6.54. The number of hydrogen-bond donors (Lipinski definition) is 1. The molecule has 2 rings (SSSR count). The molecule has 1 saturated carbocycles. The summed E-state index contributed by atoms with van der Waals surface area (Å²) in [5, 5.41) is 0. The first-order valence-corrected chi connectivity index (χ1v) is 5.52. The van der Waals surface area contributed by atoms with E-state index in [1.165, 1.54) is 18.4 Å². The Morgan fingerprint density at radius 1 is 1.47 bits per heavy atom. The van der Waals surface area contributed by atoms with Gasteiger partial charge in [0.25, 0.3) is 0 Å². The topological polar surface area (TPSA) is 42.2 Å². The minimum absolute atomic E-state index is 0.336. The molecule has 0 amide bonds. The fourth-order valence-electron chi connectivity index (χ4n) is 2.25. The van der Waals surface area contributed by atoms with Crippen LogP contribution in [0.4, 0.5) is 5.82 Å². The number of pyridine rings is 1. The van der Waals surface area contributed by atoms with Gasteiger partial charge in [-0.25, -0.2) is 4.98 Å². The number of rotatable bonds is 4. The van der Waals surface area contributed by atoms with Crippen molar-refractivity contribution in [1.82, 2.24) is 4.98 Å². The van der Waals surface area contributed by atoms with Crippen molar-refractivity contribution in [1.29, 1.82) is 0 Å². The second-order valence-electron chi connectivity index (χ2n) is 4.59. The van der Waals surface area contributed by atoms with Gasteiger partial charge in [0, 0.05) is 31.3 Å². The van der Waals surface area contributed by atoms with Crippen LogP contribution in [0.2, 0.25) is 0 Å². The summed E-state index contributed by atoms with van der Waals surface area (Å²) in [5.41, 5.74) is 7.40. The van der Waals surface area contributed by atoms with Gasteiger partial charge in [0.05, 0.1) is 0 Å². The van der Waals surface area contributed by atoms with Gasteiger partial charge in [-0.2, -0.15) is 0 Å². The Bertz CT molecular complexity index is 342. The molecule has 0 aromatic carbocycles. The molecule has 1 fully saturated rings. The van der Waals surface area contributed by atoms with E-state index in [2.05, 4.69) is 16.0 Å². The minimum Gasteiger partial charge on any atom is -0.363 e.